The minimum Gasteiger partial charge on any atom is -0.437 e. The van der Waals surface area contributed by atoms with E-state index in [-0.39, 0.29) is 25.0 Å². The van der Waals surface area contributed by atoms with Gasteiger partial charge in [0.05, 0.1) is 32.1 Å². The van der Waals surface area contributed by atoms with Gasteiger partial charge < -0.3 is 49.4 Å². The molecule has 3 rings (SSSR count). The molecule has 0 aromatic rings. The van der Waals surface area contributed by atoms with Gasteiger partial charge in [-0.3, -0.25) is 0 Å². The Labute approximate surface area is 201 Å². The summed E-state index contributed by atoms with van der Waals surface area (Å²) in [5, 5.41) is 60.2. The molecule has 3 fully saturated rings. The summed E-state index contributed by atoms with van der Waals surface area (Å²) in [5.74, 6) is -3.85. The molecule has 10 nitrogen and oxygen atoms in total. The van der Waals surface area contributed by atoms with Gasteiger partial charge in [0.15, 0.2) is 0 Å². The van der Waals surface area contributed by atoms with Crippen molar-refractivity contribution in [1.82, 2.24) is 0 Å². The van der Waals surface area contributed by atoms with Crippen LogP contribution < -0.4 is 0 Å². The molecule has 0 spiro atoms. The minimum absolute atomic E-state index is 0.141. The monoisotopic (exact) mass is 484 g/mol. The zero-order chi connectivity index (χ0) is 25.6. The van der Waals surface area contributed by atoms with E-state index >= 15 is 0 Å². The molecular weight excluding hydrogens is 452 g/mol. The fourth-order valence-corrected chi connectivity index (χ4v) is 4.64. The normalized spacial score (nSPS) is 51.2. The van der Waals surface area contributed by atoms with Gasteiger partial charge >= 0.3 is 15.0 Å². The fourth-order valence-electron chi connectivity index (χ4n) is 4.64. The second-order valence-corrected chi connectivity index (χ2v) is 9.83. The topological polar surface area (TPSA) is 158 Å². The van der Waals surface area contributed by atoms with E-state index in [9.17, 15) is 29.9 Å². The number of halogens is 1. The molecule has 2 aliphatic heterocycles. The van der Waals surface area contributed by atoms with E-state index in [1.165, 1.54) is 14.4 Å². The minimum atomic E-state index is -2.83. The second kappa shape index (κ2) is 10.1. The van der Waals surface area contributed by atoms with Crippen molar-refractivity contribution in [2.75, 3.05) is 19.8 Å². The van der Waals surface area contributed by atoms with Crippen LogP contribution in [0.1, 0.15) is 20.8 Å². The lowest BCUT2D eigenvalue weighted by molar-refractivity contribution is -0.188. The molecule has 12 atom stereocenters. The highest BCUT2D eigenvalue weighted by molar-refractivity contribution is 6.30. The van der Waals surface area contributed by atoms with Crippen molar-refractivity contribution in [3.8, 4) is 0 Å². The van der Waals surface area contributed by atoms with Crippen LogP contribution in [0.4, 0.5) is 4.39 Å². The molecule has 0 aromatic heterocycles. The molecular formula is C20H32B3FO10. The molecule has 0 amide bonds. The van der Waals surface area contributed by atoms with Crippen molar-refractivity contribution in [3.05, 3.63) is 12.2 Å². The molecule has 188 valence electrons. The highest BCUT2D eigenvalue weighted by atomic mass is 19.2. The number of alkyl halides is 1. The summed E-state index contributed by atoms with van der Waals surface area (Å²) in [7, 11) is 8.21. The Hall–Kier alpha value is -0.535. The van der Waals surface area contributed by atoms with E-state index < -0.39 is 65.9 Å². The van der Waals surface area contributed by atoms with Crippen LogP contribution in [0.5, 0.6) is 0 Å². The maximum Gasteiger partial charge on any atom is 0.327 e. The number of hydrogen-bond acceptors (Lipinski definition) is 10. The van der Waals surface area contributed by atoms with Crippen molar-refractivity contribution in [3.63, 3.8) is 0 Å². The maximum absolute atomic E-state index is 14.1. The van der Waals surface area contributed by atoms with Crippen molar-refractivity contribution in [2.45, 2.75) is 80.1 Å². The van der Waals surface area contributed by atoms with Crippen molar-refractivity contribution in [1.29, 1.82) is 0 Å². The molecule has 2 heterocycles. The summed E-state index contributed by atoms with van der Waals surface area (Å²) in [5.41, 5.74) is -2.20. The quantitative estimate of drug-likeness (QED) is 0.151. The number of aliphatic hydroxyl groups is 6. The molecule has 6 N–H and O–H groups in total. The predicted molar refractivity (Wildman–Crippen MR) is 118 cm³/mol. The van der Waals surface area contributed by atoms with Crippen LogP contribution in [0.2, 0.25) is 5.82 Å². The van der Waals surface area contributed by atoms with Gasteiger partial charge in [0.2, 0.25) is 0 Å². The van der Waals surface area contributed by atoms with Crippen LogP contribution in [-0.2, 0) is 18.8 Å². The van der Waals surface area contributed by atoms with E-state index in [0.29, 0.717) is 5.57 Å². The van der Waals surface area contributed by atoms with Gasteiger partial charge in [0.1, 0.15) is 36.6 Å². The summed E-state index contributed by atoms with van der Waals surface area (Å²) < 4.78 is 35.5. The van der Waals surface area contributed by atoms with E-state index in [1.807, 2.05) is 6.92 Å². The standard InChI is InChI=1S/C20H32B3FO10/c1-8-10(9(2)18(3,29)13(8)21)5-31-23-17-15(28)19(4,30)11(33-17)6-32-22-16-12(26)14(27)20(24,7-25)34-16/h9-17,25-30H,1,5-7H2,2-4H3/t9-,10+,11-,12-,13-,14+,15+,16-,17-,18-,19+,20-/m1/s1. The number of hydrogen-bond donors (Lipinski definition) is 6. The summed E-state index contributed by atoms with van der Waals surface area (Å²) >= 11 is 0. The molecule has 3 aliphatic rings. The Morgan fingerprint density at radius 2 is 1.65 bits per heavy atom. The van der Waals surface area contributed by atoms with Crippen LogP contribution in [-0.4, -0.2) is 127 Å². The molecule has 0 bridgehead atoms. The van der Waals surface area contributed by atoms with Gasteiger partial charge in [-0.1, -0.05) is 19.1 Å². The number of aliphatic hydroxyl groups excluding tert-OH is 4. The summed E-state index contributed by atoms with van der Waals surface area (Å²) in [6.07, 6.45) is -6.04. The molecule has 34 heavy (non-hydrogen) atoms. The lowest BCUT2D eigenvalue weighted by atomic mass is 9.73. The Kier molecular flexibility index (Phi) is 8.31. The van der Waals surface area contributed by atoms with Crippen LogP contribution in [0.3, 0.4) is 0 Å². The molecule has 1 aliphatic carbocycles. The fraction of sp³-hybridized carbons (Fsp3) is 0.900. The summed E-state index contributed by atoms with van der Waals surface area (Å²) in [4.78, 5) is 0. The largest absolute Gasteiger partial charge is 0.437 e. The van der Waals surface area contributed by atoms with Gasteiger partial charge in [-0.25, -0.2) is 4.39 Å². The first-order chi connectivity index (χ1) is 15.7. The summed E-state index contributed by atoms with van der Waals surface area (Å²) in [6.45, 7) is 7.48. The van der Waals surface area contributed by atoms with Crippen molar-refractivity contribution in [2.24, 2.45) is 11.8 Å². The van der Waals surface area contributed by atoms with Crippen LogP contribution in [0.15, 0.2) is 12.2 Å². The van der Waals surface area contributed by atoms with E-state index in [2.05, 4.69) is 6.58 Å². The van der Waals surface area contributed by atoms with Crippen molar-refractivity contribution >= 4 is 22.8 Å². The Balaban J connectivity index is 1.48. The zero-order valence-corrected chi connectivity index (χ0v) is 19.5. The molecule has 4 radical (unpaired) electrons. The third kappa shape index (κ3) is 4.87. The highest BCUT2D eigenvalue weighted by Gasteiger charge is 2.56. The molecule has 14 heteroatoms. The SMILES string of the molecule is [B][C@@H]1C(=C)[C@H](CO[B][C@@H]2O[C@H](CO[B][C@@H]3O[C@](F)(CO)[C@@H](O)[C@H]3O)[C@](C)(O)[C@H]2O)[C@@H](C)[C@@]1(C)O. The number of ether oxygens (including phenoxy) is 2. The third-order valence-corrected chi connectivity index (χ3v) is 7.55. The molecule has 0 unspecified atom stereocenters. The van der Waals surface area contributed by atoms with Crippen LogP contribution in [0.25, 0.3) is 0 Å². The van der Waals surface area contributed by atoms with Crippen molar-refractivity contribution < 1.29 is 53.8 Å². The average molecular weight is 484 g/mol. The molecule has 0 aromatic carbocycles. The number of rotatable bonds is 9. The van der Waals surface area contributed by atoms with Gasteiger partial charge in [-0.2, -0.15) is 0 Å². The third-order valence-electron chi connectivity index (χ3n) is 7.55. The van der Waals surface area contributed by atoms with Crippen LogP contribution in [0, 0.1) is 11.8 Å². The van der Waals surface area contributed by atoms with Gasteiger partial charge in [0.25, 0.3) is 5.85 Å². The Morgan fingerprint density at radius 3 is 2.18 bits per heavy atom. The first-order valence-electron chi connectivity index (χ1n) is 11.1. The van der Waals surface area contributed by atoms with E-state index in [4.69, 9.17) is 31.7 Å². The van der Waals surface area contributed by atoms with Gasteiger partial charge in [0, 0.05) is 12.5 Å². The molecule has 1 saturated carbocycles. The first-order valence-corrected chi connectivity index (χ1v) is 11.1. The zero-order valence-electron chi connectivity index (χ0n) is 19.5. The van der Waals surface area contributed by atoms with Gasteiger partial charge in [-0.05, 0) is 25.6 Å². The average Bonchev–Trinajstić information content (AvgIpc) is 3.20. The van der Waals surface area contributed by atoms with E-state index in [0.717, 1.165) is 7.48 Å². The smallest absolute Gasteiger partial charge is 0.327 e. The molecule has 2 saturated heterocycles. The lowest BCUT2D eigenvalue weighted by Crippen LogP contribution is -2.48. The predicted octanol–water partition coefficient (Wildman–Crippen LogP) is -2.64. The first kappa shape index (κ1) is 28.0. The Morgan fingerprint density at radius 1 is 1.06 bits per heavy atom. The lowest BCUT2D eigenvalue weighted by Gasteiger charge is -2.28. The Bertz CT molecular complexity index is 745. The second-order valence-electron chi connectivity index (χ2n) is 9.83. The maximum atomic E-state index is 14.1. The van der Waals surface area contributed by atoms with Gasteiger partial charge in [-0.15, -0.1) is 0 Å². The highest BCUT2D eigenvalue weighted by Crippen LogP contribution is 2.49. The van der Waals surface area contributed by atoms with Crippen LogP contribution >= 0.6 is 0 Å². The summed E-state index contributed by atoms with van der Waals surface area (Å²) in [6, 6.07) is -2.38. The van der Waals surface area contributed by atoms with E-state index in [1.54, 1.807) is 6.92 Å².